The van der Waals surface area contributed by atoms with Crippen LogP contribution in [0.2, 0.25) is 0 Å². The van der Waals surface area contributed by atoms with Gasteiger partial charge in [0.2, 0.25) is 0 Å². The van der Waals surface area contributed by atoms with Gasteiger partial charge in [-0.25, -0.2) is 0 Å². The number of ether oxygens (including phenoxy) is 1. The van der Waals surface area contributed by atoms with Crippen molar-refractivity contribution >= 4 is 11.7 Å². The van der Waals surface area contributed by atoms with E-state index in [1.165, 1.54) is 54.5 Å². The average molecular weight is 353 g/mol. The molecule has 6 aliphatic rings. The van der Waals surface area contributed by atoms with Crippen LogP contribution in [0.15, 0.2) is 24.3 Å². The van der Waals surface area contributed by atoms with E-state index in [2.05, 4.69) is 36.6 Å². The topological polar surface area (TPSA) is 38.3 Å². The summed E-state index contributed by atoms with van der Waals surface area (Å²) in [7, 11) is 4.07. The van der Waals surface area contributed by atoms with Crippen molar-refractivity contribution in [2.24, 2.45) is 11.3 Å². The number of para-hydroxylation sites is 1. The van der Waals surface area contributed by atoms with Crippen molar-refractivity contribution in [3.63, 3.8) is 0 Å². The van der Waals surface area contributed by atoms with E-state index in [1.54, 1.807) is 7.11 Å². The molecule has 1 aromatic rings. The molecule has 3 aliphatic carbocycles. The summed E-state index contributed by atoms with van der Waals surface area (Å²) >= 11 is 0. The van der Waals surface area contributed by atoms with Gasteiger partial charge >= 0.3 is 5.97 Å². The number of benzene rings is 1. The molecule has 2 saturated heterocycles. The summed E-state index contributed by atoms with van der Waals surface area (Å²) in [6.45, 7) is 2.55. The fourth-order valence-electron chi connectivity index (χ4n) is 8.79. The number of carbonyl (C=O) groups excluding carboxylic acids is 1. The first kappa shape index (κ1) is 15.5. The number of quaternary nitrogens is 1. The van der Waals surface area contributed by atoms with Crippen molar-refractivity contribution in [1.82, 2.24) is 0 Å². The third-order valence-electron chi connectivity index (χ3n) is 9.30. The molecule has 0 amide bonds. The highest BCUT2D eigenvalue weighted by Gasteiger charge is 2.83. The first-order chi connectivity index (χ1) is 12.5. The number of methoxy groups -OCH3 is 1. The summed E-state index contributed by atoms with van der Waals surface area (Å²) in [4.78, 5) is 13.0. The lowest BCUT2D eigenvalue weighted by molar-refractivity contribution is -0.939. The van der Waals surface area contributed by atoms with Crippen LogP contribution in [0, 0.1) is 11.3 Å². The SMILES string of the molecule is COC(=O)[C@@H]1C[C@@]23CCC[N@@+]4(C)CC[C@]5(c6ccccc6N[C@@]15CC2)[C@H]34. The van der Waals surface area contributed by atoms with E-state index in [0.717, 1.165) is 12.8 Å². The fourth-order valence-corrected chi connectivity index (χ4v) is 8.79. The fraction of sp³-hybridized carbons (Fsp3) is 0.682. The Balaban J connectivity index is 1.67. The van der Waals surface area contributed by atoms with Crippen LogP contribution in [0.25, 0.3) is 0 Å². The van der Waals surface area contributed by atoms with Gasteiger partial charge in [-0.3, -0.25) is 4.79 Å². The lowest BCUT2D eigenvalue weighted by Gasteiger charge is -2.68. The van der Waals surface area contributed by atoms with Gasteiger partial charge in [-0.2, -0.15) is 0 Å². The number of piperidine rings is 1. The molecule has 26 heavy (non-hydrogen) atoms. The largest absolute Gasteiger partial charge is 0.469 e. The number of rotatable bonds is 1. The summed E-state index contributed by atoms with van der Waals surface area (Å²) in [5.74, 6) is -0.0107. The predicted octanol–water partition coefficient (Wildman–Crippen LogP) is 3.07. The van der Waals surface area contributed by atoms with E-state index in [1.807, 2.05) is 0 Å². The molecule has 4 nitrogen and oxygen atoms in total. The number of nitrogens with zero attached hydrogens (tertiary/aromatic N) is 1. The van der Waals surface area contributed by atoms with Crippen LogP contribution in [0.3, 0.4) is 0 Å². The van der Waals surface area contributed by atoms with Gasteiger partial charge in [-0.05, 0) is 43.7 Å². The quantitative estimate of drug-likeness (QED) is 0.623. The first-order valence-corrected chi connectivity index (χ1v) is 10.3. The number of hydrogen-bond acceptors (Lipinski definition) is 3. The lowest BCUT2D eigenvalue weighted by atomic mass is 9.38. The molecule has 0 aromatic heterocycles. The van der Waals surface area contributed by atoms with Crippen molar-refractivity contribution in [1.29, 1.82) is 0 Å². The second-order valence-electron chi connectivity index (χ2n) is 9.94. The van der Waals surface area contributed by atoms with Crippen LogP contribution < -0.4 is 5.32 Å². The highest BCUT2D eigenvalue weighted by Crippen LogP contribution is 2.75. The molecule has 5 fully saturated rings. The Morgan fingerprint density at radius 1 is 1.19 bits per heavy atom. The minimum atomic E-state index is -0.149. The molecule has 6 atom stereocenters. The Bertz CT molecular complexity index is 824. The zero-order valence-corrected chi connectivity index (χ0v) is 15.9. The summed E-state index contributed by atoms with van der Waals surface area (Å²) < 4.78 is 6.58. The molecule has 1 aromatic carbocycles. The smallest absolute Gasteiger partial charge is 0.311 e. The molecule has 4 heteroatoms. The van der Waals surface area contributed by atoms with Gasteiger partial charge in [0.15, 0.2) is 0 Å². The van der Waals surface area contributed by atoms with E-state index in [4.69, 9.17) is 4.74 Å². The first-order valence-electron chi connectivity index (χ1n) is 10.3. The van der Waals surface area contributed by atoms with Gasteiger partial charge in [-0.1, -0.05) is 18.2 Å². The predicted molar refractivity (Wildman–Crippen MR) is 99.8 cm³/mol. The molecule has 3 heterocycles. The van der Waals surface area contributed by atoms with Crippen LogP contribution in [0.1, 0.15) is 44.1 Å². The Kier molecular flexibility index (Phi) is 2.66. The Labute approximate surface area is 155 Å². The van der Waals surface area contributed by atoms with E-state index >= 15 is 0 Å². The molecule has 138 valence electrons. The molecule has 0 radical (unpaired) electrons. The molecule has 3 saturated carbocycles. The third kappa shape index (κ3) is 1.38. The highest BCUT2D eigenvalue weighted by atomic mass is 16.5. The minimum Gasteiger partial charge on any atom is -0.469 e. The third-order valence-corrected chi connectivity index (χ3v) is 9.30. The van der Waals surface area contributed by atoms with Gasteiger partial charge < -0.3 is 14.5 Å². The van der Waals surface area contributed by atoms with Crippen molar-refractivity contribution in [3.8, 4) is 0 Å². The molecule has 7 rings (SSSR count). The summed E-state index contributed by atoms with van der Waals surface area (Å²) in [6, 6.07) is 9.56. The number of fused-ring (bicyclic) bond motifs is 3. The van der Waals surface area contributed by atoms with Crippen molar-refractivity contribution in [2.75, 3.05) is 32.6 Å². The van der Waals surface area contributed by atoms with Gasteiger partial charge in [-0.15, -0.1) is 0 Å². The number of anilines is 1. The van der Waals surface area contributed by atoms with Crippen molar-refractivity contribution in [2.45, 2.75) is 55.5 Å². The Hall–Kier alpha value is -1.55. The molecular formula is C22H29N2O2+. The standard InChI is InChI=1S/C22H29N2O2/c1-24-12-5-8-20-9-10-22(16(14-20)18(25)26-2)21(11-13-24,19(20)24)15-6-3-4-7-17(15)23-22/h3-4,6-7,16,19,23H,5,8-14H2,1-2H3/q+1/t16-,19-,20+,21-,22-,24-/m0/s1. The van der Waals surface area contributed by atoms with Crippen molar-refractivity contribution < 1.29 is 14.0 Å². The second-order valence-corrected chi connectivity index (χ2v) is 9.94. The average Bonchev–Trinajstić information content (AvgIpc) is 3.15. The maximum absolute atomic E-state index is 13.0. The molecular weight excluding hydrogens is 324 g/mol. The van der Waals surface area contributed by atoms with Gasteiger partial charge in [0.1, 0.15) is 6.04 Å². The monoisotopic (exact) mass is 353 g/mol. The van der Waals surface area contributed by atoms with Crippen LogP contribution in [-0.2, 0) is 14.9 Å². The summed E-state index contributed by atoms with van der Waals surface area (Å²) in [5, 5.41) is 3.96. The summed E-state index contributed by atoms with van der Waals surface area (Å²) in [6.07, 6.45) is 7.19. The molecule has 3 aliphatic heterocycles. The van der Waals surface area contributed by atoms with Crippen LogP contribution in [-0.4, -0.2) is 49.3 Å². The van der Waals surface area contributed by atoms with Gasteiger partial charge in [0.05, 0.1) is 44.1 Å². The zero-order chi connectivity index (χ0) is 17.8. The lowest BCUT2D eigenvalue weighted by Crippen LogP contribution is -2.79. The normalized spacial score (nSPS) is 49.8. The number of likely N-dealkylation sites (N-methyl/N-ethyl adjacent to an activating group) is 1. The Morgan fingerprint density at radius 2 is 2.04 bits per heavy atom. The molecule has 0 unspecified atom stereocenters. The van der Waals surface area contributed by atoms with E-state index in [9.17, 15) is 4.79 Å². The number of carbonyl (C=O) groups is 1. The Morgan fingerprint density at radius 3 is 2.88 bits per heavy atom. The van der Waals surface area contributed by atoms with Gasteiger partial charge in [0, 0.05) is 17.5 Å². The maximum Gasteiger partial charge on any atom is 0.311 e. The minimum absolute atomic E-state index is 0.00822. The zero-order valence-electron chi connectivity index (χ0n) is 15.9. The number of esters is 1. The molecule has 2 bridgehead atoms. The van der Waals surface area contributed by atoms with E-state index < -0.39 is 0 Å². The van der Waals surface area contributed by atoms with E-state index in [0.29, 0.717) is 11.5 Å². The molecule has 3 spiro atoms. The van der Waals surface area contributed by atoms with Crippen LogP contribution >= 0.6 is 0 Å². The highest BCUT2D eigenvalue weighted by molar-refractivity contribution is 5.80. The van der Waals surface area contributed by atoms with Crippen LogP contribution in [0.5, 0.6) is 0 Å². The summed E-state index contributed by atoms with van der Waals surface area (Å²) in [5.41, 5.74) is 3.02. The number of nitrogens with one attached hydrogen (secondary N) is 1. The van der Waals surface area contributed by atoms with Crippen molar-refractivity contribution in [3.05, 3.63) is 29.8 Å². The number of hydrogen-bond donors (Lipinski definition) is 1. The van der Waals surface area contributed by atoms with Crippen LogP contribution in [0.4, 0.5) is 5.69 Å². The second kappa shape index (κ2) is 4.46. The van der Waals surface area contributed by atoms with E-state index in [-0.39, 0.29) is 22.8 Å². The molecule has 1 N–H and O–H groups in total. The van der Waals surface area contributed by atoms with Gasteiger partial charge in [0.25, 0.3) is 0 Å². The maximum atomic E-state index is 13.0.